The first-order chi connectivity index (χ1) is 13.5. The molecule has 0 spiro atoms. The van der Waals surface area contributed by atoms with Crippen LogP contribution in [-0.4, -0.2) is 46.5 Å². The second-order valence-electron chi connectivity index (χ2n) is 7.43. The molecule has 4 rings (SSSR count). The molecule has 3 aromatic rings. The summed E-state index contributed by atoms with van der Waals surface area (Å²) < 4.78 is 2.01. The third kappa shape index (κ3) is 3.02. The lowest BCUT2D eigenvalue weighted by molar-refractivity contribution is 0.0767. The summed E-state index contributed by atoms with van der Waals surface area (Å²) in [4.78, 5) is 26.4. The van der Waals surface area contributed by atoms with Gasteiger partial charge in [-0.2, -0.15) is 0 Å². The molecule has 0 saturated heterocycles. The van der Waals surface area contributed by atoms with Gasteiger partial charge in [0.15, 0.2) is 5.78 Å². The molecule has 0 saturated carbocycles. The maximum atomic E-state index is 12.5. The van der Waals surface area contributed by atoms with E-state index in [9.17, 15) is 9.59 Å². The van der Waals surface area contributed by atoms with Crippen molar-refractivity contribution in [2.24, 2.45) is 7.05 Å². The standard InChI is InChI=1S/C23H24N2O3/c1-24(11-12-26)23(28)17-6-3-5-15(13-17)16-9-10-20-19(14-16)18-7-4-8-21(27)22(18)25(20)2/h3,5-6,9-10,13-14,26H,4,7-8,11-12H2,1-2H3. The van der Waals surface area contributed by atoms with Gasteiger partial charge in [-0.15, -0.1) is 0 Å². The Balaban J connectivity index is 1.77. The van der Waals surface area contributed by atoms with E-state index in [0.717, 1.165) is 46.1 Å². The van der Waals surface area contributed by atoms with Crippen molar-refractivity contribution >= 4 is 22.6 Å². The van der Waals surface area contributed by atoms with Gasteiger partial charge in [0, 0.05) is 43.5 Å². The van der Waals surface area contributed by atoms with Crippen molar-refractivity contribution in [2.45, 2.75) is 19.3 Å². The van der Waals surface area contributed by atoms with Gasteiger partial charge in [-0.05, 0) is 53.8 Å². The molecular formula is C23H24N2O3. The third-order valence-electron chi connectivity index (χ3n) is 5.62. The molecule has 0 aliphatic heterocycles. The number of aliphatic hydroxyl groups is 1. The summed E-state index contributed by atoms with van der Waals surface area (Å²) in [5.41, 5.74) is 5.64. The Morgan fingerprint density at radius 3 is 2.71 bits per heavy atom. The number of nitrogens with zero attached hydrogens (tertiary/aromatic N) is 2. The van der Waals surface area contributed by atoms with Crippen molar-refractivity contribution < 1.29 is 14.7 Å². The Morgan fingerprint density at radius 2 is 1.93 bits per heavy atom. The molecule has 1 heterocycles. The Morgan fingerprint density at radius 1 is 1.14 bits per heavy atom. The number of aromatic nitrogens is 1. The summed E-state index contributed by atoms with van der Waals surface area (Å²) >= 11 is 0. The fourth-order valence-corrected chi connectivity index (χ4v) is 4.16. The minimum absolute atomic E-state index is 0.0591. The predicted octanol–water partition coefficient (Wildman–Crippen LogP) is 3.43. The smallest absolute Gasteiger partial charge is 0.253 e. The largest absolute Gasteiger partial charge is 0.395 e. The van der Waals surface area contributed by atoms with Gasteiger partial charge >= 0.3 is 0 Å². The van der Waals surface area contributed by atoms with Crippen LogP contribution < -0.4 is 0 Å². The van der Waals surface area contributed by atoms with Crippen molar-refractivity contribution in [3.63, 3.8) is 0 Å². The van der Waals surface area contributed by atoms with Crippen LogP contribution in [0.5, 0.6) is 0 Å². The Hall–Kier alpha value is -2.92. The molecule has 0 atom stereocenters. The molecule has 28 heavy (non-hydrogen) atoms. The summed E-state index contributed by atoms with van der Waals surface area (Å²) in [5, 5.41) is 10.2. The fourth-order valence-electron chi connectivity index (χ4n) is 4.16. The van der Waals surface area contributed by atoms with Crippen LogP contribution in [0.2, 0.25) is 0 Å². The van der Waals surface area contributed by atoms with Gasteiger partial charge in [-0.3, -0.25) is 9.59 Å². The van der Waals surface area contributed by atoms with E-state index in [0.29, 0.717) is 18.5 Å². The van der Waals surface area contributed by atoms with Gasteiger partial charge in [-0.1, -0.05) is 18.2 Å². The molecule has 0 fully saturated rings. The Kier molecular flexibility index (Phi) is 4.77. The molecule has 5 nitrogen and oxygen atoms in total. The van der Waals surface area contributed by atoms with Gasteiger partial charge in [-0.25, -0.2) is 0 Å². The van der Waals surface area contributed by atoms with Gasteiger partial charge < -0.3 is 14.6 Å². The number of carbonyl (C=O) groups excluding carboxylic acids is 2. The number of benzene rings is 2. The number of ketones is 1. The monoisotopic (exact) mass is 376 g/mol. The lowest BCUT2D eigenvalue weighted by Gasteiger charge is -2.16. The highest BCUT2D eigenvalue weighted by Gasteiger charge is 2.24. The molecule has 144 valence electrons. The molecule has 0 bridgehead atoms. The minimum Gasteiger partial charge on any atom is -0.395 e. The first-order valence-corrected chi connectivity index (χ1v) is 9.62. The summed E-state index contributed by atoms with van der Waals surface area (Å²) in [6.07, 6.45) is 2.44. The van der Waals surface area contributed by atoms with Crippen LogP contribution in [0.1, 0.15) is 39.3 Å². The van der Waals surface area contributed by atoms with Crippen molar-refractivity contribution in [1.82, 2.24) is 9.47 Å². The molecule has 2 aromatic carbocycles. The zero-order valence-corrected chi connectivity index (χ0v) is 16.2. The SMILES string of the molecule is CN(CCO)C(=O)c1cccc(-c2ccc3c(c2)c2c(n3C)C(=O)CCC2)c1. The summed E-state index contributed by atoms with van der Waals surface area (Å²) in [6, 6.07) is 13.8. The summed E-state index contributed by atoms with van der Waals surface area (Å²) in [5.74, 6) is 0.112. The van der Waals surface area contributed by atoms with Crippen LogP contribution in [0, 0.1) is 0 Å². The third-order valence-corrected chi connectivity index (χ3v) is 5.62. The molecule has 1 amide bonds. The minimum atomic E-state index is -0.111. The molecular weight excluding hydrogens is 352 g/mol. The van der Waals surface area contributed by atoms with Crippen molar-refractivity contribution in [1.29, 1.82) is 0 Å². The van der Waals surface area contributed by atoms with E-state index in [4.69, 9.17) is 5.11 Å². The maximum absolute atomic E-state index is 12.5. The van der Waals surface area contributed by atoms with Crippen LogP contribution in [0.3, 0.4) is 0 Å². The quantitative estimate of drug-likeness (QED) is 0.759. The zero-order valence-electron chi connectivity index (χ0n) is 16.2. The lowest BCUT2D eigenvalue weighted by atomic mass is 9.93. The van der Waals surface area contributed by atoms with E-state index >= 15 is 0 Å². The lowest BCUT2D eigenvalue weighted by Crippen LogP contribution is -2.29. The van der Waals surface area contributed by atoms with Crippen LogP contribution in [0.4, 0.5) is 0 Å². The van der Waals surface area contributed by atoms with E-state index < -0.39 is 0 Å². The summed E-state index contributed by atoms with van der Waals surface area (Å²) in [7, 11) is 3.64. The number of aliphatic hydroxyl groups excluding tert-OH is 1. The van der Waals surface area contributed by atoms with Crippen molar-refractivity contribution in [2.75, 3.05) is 20.2 Å². The predicted molar refractivity (Wildman–Crippen MR) is 110 cm³/mol. The van der Waals surface area contributed by atoms with Crippen LogP contribution in [0.25, 0.3) is 22.0 Å². The number of amides is 1. The fraction of sp³-hybridized carbons (Fsp3) is 0.304. The number of hydrogen-bond acceptors (Lipinski definition) is 3. The average molecular weight is 376 g/mol. The highest BCUT2D eigenvalue weighted by atomic mass is 16.3. The van der Waals surface area contributed by atoms with Crippen molar-refractivity contribution in [3.05, 3.63) is 59.3 Å². The van der Waals surface area contributed by atoms with E-state index in [1.54, 1.807) is 13.1 Å². The molecule has 0 radical (unpaired) electrons. The van der Waals surface area contributed by atoms with E-state index in [-0.39, 0.29) is 18.3 Å². The number of Topliss-reactive ketones (excluding diaryl/α,β-unsaturated/α-hetero) is 1. The van der Waals surface area contributed by atoms with Gasteiger partial charge in [0.05, 0.1) is 12.3 Å². The zero-order chi connectivity index (χ0) is 19.8. The maximum Gasteiger partial charge on any atom is 0.253 e. The van der Waals surface area contributed by atoms with Gasteiger partial charge in [0.25, 0.3) is 5.91 Å². The molecule has 5 heteroatoms. The second kappa shape index (κ2) is 7.24. The van der Waals surface area contributed by atoms with Gasteiger partial charge in [0.2, 0.25) is 0 Å². The summed E-state index contributed by atoms with van der Waals surface area (Å²) in [6.45, 7) is 0.246. The number of hydrogen-bond donors (Lipinski definition) is 1. The van der Waals surface area contributed by atoms with E-state index in [1.807, 2.05) is 35.9 Å². The molecule has 1 aromatic heterocycles. The molecule has 1 aliphatic carbocycles. The van der Waals surface area contributed by atoms with Crippen molar-refractivity contribution in [3.8, 4) is 11.1 Å². The first kappa shape index (κ1) is 18.4. The Labute approximate surface area is 164 Å². The average Bonchev–Trinajstić information content (AvgIpc) is 3.00. The first-order valence-electron chi connectivity index (χ1n) is 9.62. The number of rotatable bonds is 4. The topological polar surface area (TPSA) is 62.5 Å². The highest BCUT2D eigenvalue weighted by Crippen LogP contribution is 2.34. The van der Waals surface area contributed by atoms with Crippen LogP contribution >= 0.6 is 0 Å². The Bertz CT molecular complexity index is 1080. The second-order valence-corrected chi connectivity index (χ2v) is 7.43. The van der Waals surface area contributed by atoms with Crippen LogP contribution in [-0.2, 0) is 13.5 Å². The molecule has 1 aliphatic rings. The number of fused-ring (bicyclic) bond motifs is 3. The van der Waals surface area contributed by atoms with E-state index in [1.165, 1.54) is 4.90 Å². The van der Waals surface area contributed by atoms with Gasteiger partial charge in [0.1, 0.15) is 0 Å². The normalized spacial score (nSPS) is 13.6. The van der Waals surface area contributed by atoms with E-state index in [2.05, 4.69) is 12.1 Å². The highest BCUT2D eigenvalue weighted by molar-refractivity contribution is 6.05. The van der Waals surface area contributed by atoms with Crippen LogP contribution in [0.15, 0.2) is 42.5 Å². The number of aryl methyl sites for hydroxylation is 2. The molecule has 0 unspecified atom stereocenters. The molecule has 1 N–H and O–H groups in total. The number of likely N-dealkylation sites (N-methyl/N-ethyl adjacent to an activating group) is 1. The number of carbonyl (C=O) groups is 2.